The molecule has 1 unspecified atom stereocenters. The van der Waals surface area contributed by atoms with Gasteiger partial charge in [0.15, 0.2) is 5.96 Å². The summed E-state index contributed by atoms with van der Waals surface area (Å²) in [7, 11) is 3.95. The van der Waals surface area contributed by atoms with E-state index < -0.39 is 0 Å². The normalized spacial score (nSPS) is 20.0. The van der Waals surface area contributed by atoms with Gasteiger partial charge in [-0.15, -0.1) is 24.0 Å². The fourth-order valence-corrected chi connectivity index (χ4v) is 3.89. The molecule has 0 saturated carbocycles. The lowest BCUT2D eigenvalue weighted by molar-refractivity contribution is -0.129. The van der Waals surface area contributed by atoms with Crippen LogP contribution in [-0.2, 0) is 9.53 Å². The lowest BCUT2D eigenvalue weighted by atomic mass is 9.96. The largest absolute Gasteiger partial charge is 0.381 e. The number of hydrogen-bond donors (Lipinski definition) is 1. The number of carbonyl (C=O) groups is 1. The van der Waals surface area contributed by atoms with Crippen LogP contribution in [0.5, 0.6) is 0 Å². The third kappa shape index (κ3) is 7.21. The van der Waals surface area contributed by atoms with Crippen LogP contribution >= 0.6 is 24.0 Å². The summed E-state index contributed by atoms with van der Waals surface area (Å²) < 4.78 is 5.43. The monoisotopic (exact) mass is 480 g/mol. The molecule has 0 spiro atoms. The maximum atomic E-state index is 11.9. The number of likely N-dealkylation sites (tertiary alicyclic amines) is 1. The third-order valence-corrected chi connectivity index (χ3v) is 5.57. The number of aliphatic imine (C=N–C) groups is 1. The first-order valence-electron chi connectivity index (χ1n) is 9.94. The minimum absolute atomic E-state index is 0. The molecule has 152 valence electrons. The average Bonchev–Trinajstić information content (AvgIpc) is 3.07. The summed E-state index contributed by atoms with van der Waals surface area (Å²) in [6.45, 7) is 6.80. The summed E-state index contributed by atoms with van der Waals surface area (Å²) in [5.74, 6) is 2.06. The standard InChI is InChI=1S/C19H36N4O2.HI/c1-4-17(23-12-5-6-18(23)24)7-11-21-19(20-2)22(3)13-8-16-9-14-25-15-10-16;/h16-17H,4-15H2,1-3H3,(H,20,21);1H. The summed E-state index contributed by atoms with van der Waals surface area (Å²) in [6, 6.07) is 0.355. The number of rotatable bonds is 8. The molecule has 2 heterocycles. The average molecular weight is 480 g/mol. The molecule has 0 aromatic rings. The zero-order valence-corrected chi connectivity index (χ0v) is 19.0. The highest BCUT2D eigenvalue weighted by molar-refractivity contribution is 14.0. The van der Waals surface area contributed by atoms with Crippen LogP contribution in [0.4, 0.5) is 0 Å². The number of amides is 1. The minimum Gasteiger partial charge on any atom is -0.381 e. The van der Waals surface area contributed by atoms with Crippen LogP contribution in [0.1, 0.15) is 51.9 Å². The van der Waals surface area contributed by atoms with Gasteiger partial charge in [0.05, 0.1) is 0 Å². The summed E-state index contributed by atoms with van der Waals surface area (Å²) in [4.78, 5) is 20.6. The second-order valence-electron chi connectivity index (χ2n) is 7.28. The molecule has 2 aliphatic heterocycles. The van der Waals surface area contributed by atoms with Gasteiger partial charge >= 0.3 is 0 Å². The van der Waals surface area contributed by atoms with Gasteiger partial charge < -0.3 is 19.9 Å². The predicted molar refractivity (Wildman–Crippen MR) is 117 cm³/mol. The summed E-state index contributed by atoms with van der Waals surface area (Å²) in [5, 5.41) is 3.47. The smallest absolute Gasteiger partial charge is 0.222 e. The molecule has 2 aliphatic rings. The van der Waals surface area contributed by atoms with E-state index in [0.29, 0.717) is 11.9 Å². The van der Waals surface area contributed by atoms with Crippen molar-refractivity contribution in [3.8, 4) is 0 Å². The molecule has 1 amide bonds. The molecule has 2 saturated heterocycles. The van der Waals surface area contributed by atoms with E-state index in [2.05, 4.69) is 34.1 Å². The molecule has 1 N–H and O–H groups in total. The first kappa shape index (κ1) is 23.5. The van der Waals surface area contributed by atoms with Gasteiger partial charge in [0.2, 0.25) is 5.91 Å². The molecule has 6 nitrogen and oxygen atoms in total. The van der Waals surface area contributed by atoms with Crippen LogP contribution in [-0.4, -0.2) is 74.7 Å². The van der Waals surface area contributed by atoms with Gasteiger partial charge in [0.25, 0.3) is 0 Å². The topological polar surface area (TPSA) is 57.2 Å². The van der Waals surface area contributed by atoms with Crippen molar-refractivity contribution in [2.75, 3.05) is 46.9 Å². The molecule has 26 heavy (non-hydrogen) atoms. The van der Waals surface area contributed by atoms with Gasteiger partial charge in [0.1, 0.15) is 0 Å². The van der Waals surface area contributed by atoms with Gasteiger partial charge in [-0.2, -0.15) is 0 Å². The van der Waals surface area contributed by atoms with Crippen LogP contribution in [0.3, 0.4) is 0 Å². The van der Waals surface area contributed by atoms with Crippen LogP contribution in [0.15, 0.2) is 4.99 Å². The molecule has 1 atom stereocenters. The molecule has 0 aromatic carbocycles. The van der Waals surface area contributed by atoms with Gasteiger partial charge in [-0.1, -0.05) is 6.92 Å². The van der Waals surface area contributed by atoms with E-state index in [0.717, 1.165) is 70.4 Å². The first-order chi connectivity index (χ1) is 12.2. The van der Waals surface area contributed by atoms with Crippen molar-refractivity contribution in [3.05, 3.63) is 0 Å². The molecule has 0 aromatic heterocycles. The molecule has 2 rings (SSSR count). The van der Waals surface area contributed by atoms with Gasteiger partial charge in [-0.25, -0.2) is 0 Å². The third-order valence-electron chi connectivity index (χ3n) is 5.57. The Morgan fingerprint density at radius 1 is 1.42 bits per heavy atom. The highest BCUT2D eigenvalue weighted by atomic mass is 127. The molecule has 0 aliphatic carbocycles. The van der Waals surface area contributed by atoms with E-state index in [9.17, 15) is 4.79 Å². The van der Waals surface area contributed by atoms with Crippen LogP contribution in [0.2, 0.25) is 0 Å². The van der Waals surface area contributed by atoms with Crippen molar-refractivity contribution in [2.24, 2.45) is 10.9 Å². The number of guanidine groups is 1. The Labute approximate surface area is 176 Å². The molecule has 0 bridgehead atoms. The Kier molecular flexibility index (Phi) is 11.5. The van der Waals surface area contributed by atoms with E-state index in [1.807, 2.05) is 7.05 Å². The zero-order valence-electron chi connectivity index (χ0n) is 16.7. The number of hydrogen-bond acceptors (Lipinski definition) is 3. The highest BCUT2D eigenvalue weighted by Crippen LogP contribution is 2.19. The van der Waals surface area contributed by atoms with Crippen molar-refractivity contribution >= 4 is 35.8 Å². The maximum Gasteiger partial charge on any atom is 0.222 e. The highest BCUT2D eigenvalue weighted by Gasteiger charge is 2.26. The maximum absolute atomic E-state index is 11.9. The van der Waals surface area contributed by atoms with Crippen LogP contribution < -0.4 is 5.32 Å². The van der Waals surface area contributed by atoms with E-state index in [4.69, 9.17) is 4.74 Å². The number of nitrogens with zero attached hydrogens (tertiary/aromatic N) is 3. The van der Waals surface area contributed by atoms with Crippen LogP contribution in [0, 0.1) is 5.92 Å². The molecule has 7 heteroatoms. The number of halogens is 1. The Hall–Kier alpha value is -0.570. The van der Waals surface area contributed by atoms with E-state index in [-0.39, 0.29) is 24.0 Å². The second-order valence-corrected chi connectivity index (χ2v) is 7.28. The van der Waals surface area contributed by atoms with E-state index in [1.54, 1.807) is 0 Å². The van der Waals surface area contributed by atoms with Crippen molar-refractivity contribution < 1.29 is 9.53 Å². The number of ether oxygens (including phenoxy) is 1. The van der Waals surface area contributed by atoms with Crippen molar-refractivity contribution in [2.45, 2.75) is 57.9 Å². The van der Waals surface area contributed by atoms with Crippen LogP contribution in [0.25, 0.3) is 0 Å². The zero-order chi connectivity index (χ0) is 18.1. The predicted octanol–water partition coefficient (Wildman–Crippen LogP) is 2.72. The second kappa shape index (κ2) is 12.8. The molecular formula is C19H37IN4O2. The summed E-state index contributed by atoms with van der Waals surface area (Å²) in [5.41, 5.74) is 0. The van der Waals surface area contributed by atoms with Gasteiger partial charge in [-0.05, 0) is 44.4 Å². The fraction of sp³-hybridized carbons (Fsp3) is 0.895. The lowest BCUT2D eigenvalue weighted by Gasteiger charge is -2.29. The minimum atomic E-state index is 0. The van der Waals surface area contributed by atoms with Gasteiger partial charge in [0, 0.05) is 59.4 Å². The summed E-state index contributed by atoms with van der Waals surface area (Å²) in [6.07, 6.45) is 7.30. The Balaban J connectivity index is 0.00000338. The molecule has 2 fully saturated rings. The molecule has 0 radical (unpaired) electrons. The van der Waals surface area contributed by atoms with Gasteiger partial charge in [-0.3, -0.25) is 9.79 Å². The van der Waals surface area contributed by atoms with Crippen molar-refractivity contribution in [1.29, 1.82) is 0 Å². The number of nitrogens with one attached hydrogen (secondary N) is 1. The Morgan fingerprint density at radius 3 is 2.73 bits per heavy atom. The number of carbonyl (C=O) groups excluding carboxylic acids is 1. The fourth-order valence-electron chi connectivity index (χ4n) is 3.89. The first-order valence-corrected chi connectivity index (χ1v) is 9.94. The summed E-state index contributed by atoms with van der Waals surface area (Å²) >= 11 is 0. The van der Waals surface area contributed by atoms with Crippen molar-refractivity contribution in [3.63, 3.8) is 0 Å². The van der Waals surface area contributed by atoms with E-state index in [1.165, 1.54) is 19.3 Å². The van der Waals surface area contributed by atoms with Crippen molar-refractivity contribution in [1.82, 2.24) is 15.1 Å². The molecular weight excluding hydrogens is 443 g/mol. The lowest BCUT2D eigenvalue weighted by Crippen LogP contribution is -2.43. The Bertz CT molecular complexity index is 441. The SMILES string of the molecule is CCC(CCNC(=NC)N(C)CCC1CCOCC1)N1CCCC1=O.I. The van der Waals surface area contributed by atoms with E-state index >= 15 is 0 Å². The Morgan fingerprint density at radius 2 is 2.15 bits per heavy atom. The quantitative estimate of drug-likeness (QED) is 0.330.